The average Bonchev–Trinajstić information content (AvgIpc) is 3.33. The first-order valence-corrected chi connectivity index (χ1v) is 9.31. The number of fused-ring (bicyclic) bond motifs is 1. The van der Waals surface area contributed by atoms with Gasteiger partial charge >= 0.3 is 0 Å². The molecule has 0 saturated carbocycles. The number of amides is 1. The molecule has 3 aromatic rings. The molecule has 1 aliphatic heterocycles. The molecular formula is C21H19ClN2O3. The summed E-state index contributed by atoms with van der Waals surface area (Å²) in [6.45, 7) is 1.06. The van der Waals surface area contributed by atoms with Gasteiger partial charge in [0.15, 0.2) is 0 Å². The van der Waals surface area contributed by atoms with Crippen molar-refractivity contribution in [3.8, 4) is 11.1 Å². The Hall–Kier alpha value is -2.63. The van der Waals surface area contributed by atoms with Gasteiger partial charge in [-0.1, -0.05) is 29.8 Å². The van der Waals surface area contributed by atoms with E-state index in [1.807, 2.05) is 36.4 Å². The van der Waals surface area contributed by atoms with Crippen LogP contribution in [0.4, 0.5) is 0 Å². The van der Waals surface area contributed by atoms with Crippen molar-refractivity contribution in [2.45, 2.75) is 18.9 Å². The number of aromatic nitrogens is 1. The maximum atomic E-state index is 13.0. The third-order valence-corrected chi connectivity index (χ3v) is 5.02. The van der Waals surface area contributed by atoms with Crippen molar-refractivity contribution in [2.24, 2.45) is 0 Å². The van der Waals surface area contributed by atoms with E-state index in [1.165, 1.54) is 0 Å². The van der Waals surface area contributed by atoms with Crippen molar-refractivity contribution in [3.05, 3.63) is 65.4 Å². The minimum Gasteiger partial charge on any atom is -0.376 e. The van der Waals surface area contributed by atoms with Crippen molar-refractivity contribution >= 4 is 28.8 Å². The molecule has 0 aliphatic carbocycles. The summed E-state index contributed by atoms with van der Waals surface area (Å²) in [5.41, 5.74) is 2.73. The Balaban J connectivity index is 1.68. The van der Waals surface area contributed by atoms with Crippen LogP contribution in [-0.4, -0.2) is 35.3 Å². The standard InChI is InChI=1S/C21H19ClN2O3/c22-15-8-6-14(7-9-15)18-12-16-4-1-2-10-24(16)19(18)20(25)21(26)23-13-17-5-3-11-27-17/h1-2,4,6-10,12,17H,3,5,11,13H2,(H,23,26)/t17-/m0/s1. The maximum Gasteiger partial charge on any atom is 0.294 e. The van der Waals surface area contributed by atoms with E-state index in [-0.39, 0.29) is 6.10 Å². The number of ketones is 1. The van der Waals surface area contributed by atoms with E-state index in [4.69, 9.17) is 16.3 Å². The van der Waals surface area contributed by atoms with E-state index in [2.05, 4.69) is 5.32 Å². The van der Waals surface area contributed by atoms with Gasteiger partial charge in [0, 0.05) is 35.5 Å². The van der Waals surface area contributed by atoms with Gasteiger partial charge in [0.25, 0.3) is 11.7 Å². The summed E-state index contributed by atoms with van der Waals surface area (Å²) in [6.07, 6.45) is 3.66. The predicted octanol–water partition coefficient (Wildman–Crippen LogP) is 3.74. The number of benzene rings is 1. The molecule has 3 heterocycles. The zero-order valence-electron chi connectivity index (χ0n) is 14.7. The highest BCUT2D eigenvalue weighted by Crippen LogP contribution is 2.29. The van der Waals surface area contributed by atoms with Crippen LogP contribution in [0.3, 0.4) is 0 Å². The number of carbonyl (C=O) groups excluding carboxylic acids is 2. The van der Waals surface area contributed by atoms with E-state index in [0.717, 1.165) is 23.9 Å². The van der Waals surface area contributed by atoms with E-state index in [9.17, 15) is 9.59 Å². The molecular weight excluding hydrogens is 364 g/mol. The summed E-state index contributed by atoms with van der Waals surface area (Å²) in [6, 6.07) is 14.8. The summed E-state index contributed by atoms with van der Waals surface area (Å²) in [5, 5.41) is 3.33. The van der Waals surface area contributed by atoms with Crippen LogP contribution < -0.4 is 5.32 Å². The fraction of sp³-hybridized carbons (Fsp3) is 0.238. The van der Waals surface area contributed by atoms with Crippen LogP contribution in [0, 0.1) is 0 Å². The lowest BCUT2D eigenvalue weighted by atomic mass is 10.0. The highest BCUT2D eigenvalue weighted by atomic mass is 35.5. The van der Waals surface area contributed by atoms with Gasteiger partial charge in [-0.2, -0.15) is 0 Å². The third-order valence-electron chi connectivity index (χ3n) is 4.77. The first kappa shape index (κ1) is 17.8. The Morgan fingerprint density at radius 2 is 2.00 bits per heavy atom. The molecule has 0 spiro atoms. The first-order chi connectivity index (χ1) is 13.1. The van der Waals surface area contributed by atoms with Gasteiger partial charge < -0.3 is 14.5 Å². The smallest absolute Gasteiger partial charge is 0.294 e. The van der Waals surface area contributed by atoms with Crippen LogP contribution in [-0.2, 0) is 9.53 Å². The Morgan fingerprint density at radius 3 is 2.74 bits per heavy atom. The van der Waals surface area contributed by atoms with Crippen LogP contribution in [0.1, 0.15) is 23.3 Å². The Labute approximate surface area is 161 Å². The molecule has 1 N–H and O–H groups in total. The fourth-order valence-electron chi connectivity index (χ4n) is 3.40. The highest BCUT2D eigenvalue weighted by Gasteiger charge is 2.26. The molecule has 1 aliphatic rings. The van der Waals surface area contributed by atoms with Crippen LogP contribution in [0.5, 0.6) is 0 Å². The molecule has 5 nitrogen and oxygen atoms in total. The number of halogens is 1. The number of pyridine rings is 1. The molecule has 4 rings (SSSR count). The van der Waals surface area contributed by atoms with Crippen molar-refractivity contribution < 1.29 is 14.3 Å². The fourth-order valence-corrected chi connectivity index (χ4v) is 3.53. The molecule has 6 heteroatoms. The number of nitrogens with zero attached hydrogens (tertiary/aromatic N) is 1. The molecule has 0 radical (unpaired) electrons. The highest BCUT2D eigenvalue weighted by molar-refractivity contribution is 6.43. The molecule has 1 saturated heterocycles. The number of Topliss-reactive ketones (excluding diaryl/α,β-unsaturated/α-hetero) is 1. The summed E-state index contributed by atoms with van der Waals surface area (Å²) in [7, 11) is 0. The Kier molecular flexibility index (Phi) is 4.97. The topological polar surface area (TPSA) is 59.8 Å². The molecule has 1 fully saturated rings. The minimum atomic E-state index is -0.621. The number of hydrogen-bond donors (Lipinski definition) is 1. The molecule has 0 bridgehead atoms. The lowest BCUT2D eigenvalue weighted by molar-refractivity contribution is -0.117. The van der Waals surface area contributed by atoms with E-state index < -0.39 is 11.7 Å². The van der Waals surface area contributed by atoms with Crippen LogP contribution in [0.25, 0.3) is 16.6 Å². The van der Waals surface area contributed by atoms with Crippen molar-refractivity contribution in [1.29, 1.82) is 0 Å². The second-order valence-electron chi connectivity index (χ2n) is 6.58. The number of nitrogens with one attached hydrogen (secondary N) is 1. The summed E-state index contributed by atoms with van der Waals surface area (Å²) < 4.78 is 7.25. The van der Waals surface area contributed by atoms with E-state index >= 15 is 0 Å². The molecule has 1 atom stereocenters. The summed E-state index contributed by atoms with van der Waals surface area (Å²) in [5.74, 6) is -1.19. The lowest BCUT2D eigenvalue weighted by Gasteiger charge is -2.11. The molecule has 138 valence electrons. The minimum absolute atomic E-state index is 0.0125. The van der Waals surface area contributed by atoms with Gasteiger partial charge in [-0.05, 0) is 48.7 Å². The van der Waals surface area contributed by atoms with Gasteiger partial charge in [-0.15, -0.1) is 0 Å². The van der Waals surface area contributed by atoms with Gasteiger partial charge in [0.05, 0.1) is 6.10 Å². The van der Waals surface area contributed by atoms with Crippen LogP contribution in [0.2, 0.25) is 5.02 Å². The second kappa shape index (κ2) is 7.55. The van der Waals surface area contributed by atoms with Crippen molar-refractivity contribution in [2.75, 3.05) is 13.2 Å². The summed E-state index contributed by atoms with van der Waals surface area (Å²) >= 11 is 5.99. The number of hydrogen-bond acceptors (Lipinski definition) is 3. The zero-order valence-corrected chi connectivity index (χ0v) is 15.4. The predicted molar refractivity (Wildman–Crippen MR) is 104 cm³/mol. The van der Waals surface area contributed by atoms with Crippen molar-refractivity contribution in [3.63, 3.8) is 0 Å². The monoisotopic (exact) mass is 382 g/mol. The molecule has 2 aromatic heterocycles. The Bertz CT molecular complexity index is 988. The molecule has 1 aromatic carbocycles. The first-order valence-electron chi connectivity index (χ1n) is 8.93. The number of rotatable bonds is 5. The second-order valence-corrected chi connectivity index (χ2v) is 7.02. The Morgan fingerprint density at radius 1 is 1.19 bits per heavy atom. The lowest BCUT2D eigenvalue weighted by Crippen LogP contribution is -2.37. The van der Waals surface area contributed by atoms with Crippen LogP contribution >= 0.6 is 11.6 Å². The van der Waals surface area contributed by atoms with Gasteiger partial charge in [0.1, 0.15) is 5.69 Å². The summed E-state index contributed by atoms with van der Waals surface area (Å²) in [4.78, 5) is 25.5. The average molecular weight is 383 g/mol. The van der Waals surface area contributed by atoms with Gasteiger partial charge in [-0.3, -0.25) is 9.59 Å². The molecule has 0 unspecified atom stereocenters. The maximum absolute atomic E-state index is 13.0. The SMILES string of the molecule is O=C(NC[C@@H]1CCCO1)C(=O)c1c(-c2ccc(Cl)cc2)cc2ccccn12. The number of carbonyl (C=O) groups is 2. The van der Waals surface area contributed by atoms with E-state index in [0.29, 0.717) is 29.4 Å². The normalized spacial score (nSPS) is 16.6. The number of ether oxygens (including phenoxy) is 1. The largest absolute Gasteiger partial charge is 0.376 e. The van der Waals surface area contributed by atoms with Crippen molar-refractivity contribution in [1.82, 2.24) is 9.72 Å². The molecule has 27 heavy (non-hydrogen) atoms. The molecule has 1 amide bonds. The van der Waals surface area contributed by atoms with Gasteiger partial charge in [0.2, 0.25) is 0 Å². The van der Waals surface area contributed by atoms with Gasteiger partial charge in [-0.25, -0.2) is 0 Å². The quantitative estimate of drug-likeness (QED) is 0.540. The van der Waals surface area contributed by atoms with E-state index in [1.54, 1.807) is 22.7 Å². The zero-order chi connectivity index (χ0) is 18.8. The van der Waals surface area contributed by atoms with Crippen LogP contribution in [0.15, 0.2) is 54.7 Å². The third kappa shape index (κ3) is 3.61.